The molecule has 0 saturated carbocycles. The van der Waals surface area contributed by atoms with Gasteiger partial charge in [0.05, 0.1) is 3.70 Å². The van der Waals surface area contributed by atoms with Crippen LogP contribution < -0.4 is 0 Å². The van der Waals surface area contributed by atoms with Crippen LogP contribution in [-0.4, -0.2) is 16.6 Å². The molecular formula is C17H20INO2. The molecule has 1 aromatic carbocycles. The minimum Gasteiger partial charge on any atom is -0.455 e. The van der Waals surface area contributed by atoms with Crippen molar-refractivity contribution in [2.75, 3.05) is 0 Å². The van der Waals surface area contributed by atoms with Crippen LogP contribution in [0.15, 0.2) is 24.3 Å². The summed E-state index contributed by atoms with van der Waals surface area (Å²) < 4.78 is 6.47. The fourth-order valence-electron chi connectivity index (χ4n) is 2.13. The number of carbonyl (C=O) groups is 1. The first-order chi connectivity index (χ1) is 9.69. The van der Waals surface area contributed by atoms with E-state index in [1.165, 1.54) is 5.56 Å². The van der Waals surface area contributed by atoms with Crippen LogP contribution in [0.5, 0.6) is 0 Å². The minimum atomic E-state index is -0.508. The summed E-state index contributed by atoms with van der Waals surface area (Å²) in [6.45, 7) is 9.68. The Labute approximate surface area is 139 Å². The molecule has 2 aromatic rings. The molecule has 112 valence electrons. The highest BCUT2D eigenvalue weighted by Crippen LogP contribution is 2.32. The lowest BCUT2D eigenvalue weighted by molar-refractivity contribution is 0.00644. The van der Waals surface area contributed by atoms with Crippen molar-refractivity contribution in [3.8, 4) is 11.1 Å². The quantitative estimate of drug-likeness (QED) is 0.581. The van der Waals surface area contributed by atoms with Crippen molar-refractivity contribution in [3.05, 3.63) is 44.8 Å². The number of aromatic amines is 1. The number of hydrogen-bond donors (Lipinski definition) is 1. The number of nitrogens with one attached hydrogen (secondary N) is 1. The standard InChI is InChI=1S/C17H20INO2/c1-10-6-8-12(9-7-10)13-11(2)15(18)19-14(13)16(20)21-17(3,4)5/h6-9,19H,1-5H3. The normalized spacial score (nSPS) is 11.5. The van der Waals surface area contributed by atoms with Crippen molar-refractivity contribution in [1.29, 1.82) is 0 Å². The van der Waals surface area contributed by atoms with Gasteiger partial charge in [0.2, 0.25) is 0 Å². The van der Waals surface area contributed by atoms with Crippen molar-refractivity contribution in [2.45, 2.75) is 40.2 Å². The highest BCUT2D eigenvalue weighted by Gasteiger charge is 2.25. The number of esters is 1. The Morgan fingerprint density at radius 3 is 2.24 bits per heavy atom. The van der Waals surface area contributed by atoms with E-state index in [-0.39, 0.29) is 5.97 Å². The molecule has 0 spiro atoms. The average molecular weight is 397 g/mol. The topological polar surface area (TPSA) is 42.1 Å². The van der Waals surface area contributed by atoms with Gasteiger partial charge in [-0.25, -0.2) is 4.79 Å². The second-order valence-corrected chi connectivity index (χ2v) is 7.26. The van der Waals surface area contributed by atoms with Crippen molar-refractivity contribution >= 4 is 28.6 Å². The zero-order valence-electron chi connectivity index (χ0n) is 13.0. The molecule has 1 aromatic heterocycles. The van der Waals surface area contributed by atoms with Crippen molar-refractivity contribution in [2.24, 2.45) is 0 Å². The summed E-state index contributed by atoms with van der Waals surface area (Å²) >= 11 is 2.21. The van der Waals surface area contributed by atoms with Gasteiger partial charge in [-0.1, -0.05) is 29.8 Å². The largest absolute Gasteiger partial charge is 0.455 e. The van der Waals surface area contributed by atoms with E-state index in [4.69, 9.17) is 4.74 Å². The van der Waals surface area contributed by atoms with Crippen LogP contribution in [0.1, 0.15) is 42.4 Å². The van der Waals surface area contributed by atoms with Gasteiger partial charge < -0.3 is 9.72 Å². The molecule has 21 heavy (non-hydrogen) atoms. The monoisotopic (exact) mass is 397 g/mol. The van der Waals surface area contributed by atoms with Gasteiger partial charge in [0.15, 0.2) is 0 Å². The van der Waals surface area contributed by atoms with E-state index in [9.17, 15) is 4.79 Å². The maximum Gasteiger partial charge on any atom is 0.355 e. The summed E-state index contributed by atoms with van der Waals surface area (Å²) in [4.78, 5) is 15.6. The van der Waals surface area contributed by atoms with E-state index < -0.39 is 5.60 Å². The van der Waals surface area contributed by atoms with Crippen LogP contribution >= 0.6 is 22.6 Å². The first-order valence-electron chi connectivity index (χ1n) is 6.87. The predicted molar refractivity (Wildman–Crippen MR) is 93.6 cm³/mol. The number of halogens is 1. The summed E-state index contributed by atoms with van der Waals surface area (Å²) in [5, 5.41) is 0. The average Bonchev–Trinajstić information content (AvgIpc) is 2.65. The summed E-state index contributed by atoms with van der Waals surface area (Å²) in [6, 6.07) is 8.17. The zero-order valence-corrected chi connectivity index (χ0v) is 15.2. The second-order valence-electron chi connectivity index (χ2n) is 6.18. The number of rotatable bonds is 2. The van der Waals surface area contributed by atoms with Gasteiger partial charge in [0, 0.05) is 5.56 Å². The Morgan fingerprint density at radius 2 is 1.71 bits per heavy atom. The number of aromatic nitrogens is 1. The molecule has 0 fully saturated rings. The van der Waals surface area contributed by atoms with Crippen LogP contribution in [0.2, 0.25) is 0 Å². The van der Waals surface area contributed by atoms with Crippen LogP contribution in [0.4, 0.5) is 0 Å². The lowest BCUT2D eigenvalue weighted by Crippen LogP contribution is -2.24. The first-order valence-corrected chi connectivity index (χ1v) is 7.95. The third-order valence-electron chi connectivity index (χ3n) is 3.13. The number of hydrogen-bond acceptors (Lipinski definition) is 2. The number of H-pyrrole nitrogens is 1. The third-order valence-corrected chi connectivity index (χ3v) is 4.21. The summed E-state index contributed by atoms with van der Waals surface area (Å²) in [5.41, 5.74) is 4.23. The molecule has 4 heteroatoms. The maximum atomic E-state index is 12.4. The van der Waals surface area contributed by atoms with Gasteiger partial charge in [-0.2, -0.15) is 0 Å². The molecule has 2 rings (SSSR count). The molecule has 0 unspecified atom stereocenters. The molecule has 1 heterocycles. The van der Waals surface area contributed by atoms with Crippen LogP contribution in [0, 0.1) is 17.5 Å². The lowest BCUT2D eigenvalue weighted by Gasteiger charge is -2.19. The Morgan fingerprint density at radius 1 is 1.14 bits per heavy atom. The van der Waals surface area contributed by atoms with Crippen molar-refractivity contribution in [3.63, 3.8) is 0 Å². The number of aryl methyl sites for hydroxylation is 1. The molecule has 1 N–H and O–H groups in total. The van der Waals surface area contributed by atoms with Gasteiger partial charge in [-0.05, 0) is 68.3 Å². The van der Waals surface area contributed by atoms with E-state index in [1.54, 1.807) is 0 Å². The molecule has 0 atom stereocenters. The predicted octanol–water partition coefficient (Wildman–Crippen LogP) is 4.86. The molecule has 0 aliphatic carbocycles. The Bertz CT molecular complexity index is 663. The molecular weight excluding hydrogens is 377 g/mol. The fourth-order valence-corrected chi connectivity index (χ4v) is 2.67. The highest BCUT2D eigenvalue weighted by molar-refractivity contribution is 14.1. The molecule has 0 amide bonds. The number of ether oxygens (including phenoxy) is 1. The number of benzene rings is 1. The van der Waals surface area contributed by atoms with E-state index in [0.717, 1.165) is 20.4 Å². The summed E-state index contributed by atoms with van der Waals surface area (Å²) in [7, 11) is 0. The summed E-state index contributed by atoms with van der Waals surface area (Å²) in [5.74, 6) is -0.316. The highest BCUT2D eigenvalue weighted by atomic mass is 127. The van der Waals surface area contributed by atoms with Crippen LogP contribution in [0.3, 0.4) is 0 Å². The van der Waals surface area contributed by atoms with Gasteiger partial charge >= 0.3 is 5.97 Å². The SMILES string of the molecule is Cc1ccc(-c2c(C(=O)OC(C)(C)C)[nH]c(I)c2C)cc1. The number of carbonyl (C=O) groups excluding carboxylic acids is 1. The van der Waals surface area contributed by atoms with E-state index >= 15 is 0 Å². The third kappa shape index (κ3) is 3.67. The maximum absolute atomic E-state index is 12.4. The van der Waals surface area contributed by atoms with Crippen LogP contribution in [0.25, 0.3) is 11.1 Å². The smallest absolute Gasteiger partial charge is 0.355 e. The first kappa shape index (κ1) is 16.1. The van der Waals surface area contributed by atoms with Gasteiger partial charge in [0.1, 0.15) is 11.3 Å². The molecule has 0 aliphatic rings. The molecule has 0 aliphatic heterocycles. The van der Waals surface area contributed by atoms with Crippen molar-refractivity contribution in [1.82, 2.24) is 4.98 Å². The van der Waals surface area contributed by atoms with Gasteiger partial charge in [-0.3, -0.25) is 0 Å². The van der Waals surface area contributed by atoms with Crippen molar-refractivity contribution < 1.29 is 9.53 Å². The Balaban J connectivity index is 2.51. The lowest BCUT2D eigenvalue weighted by atomic mass is 10.0. The molecule has 0 radical (unpaired) electrons. The van der Waals surface area contributed by atoms with E-state index in [1.807, 2.05) is 58.9 Å². The molecule has 0 bridgehead atoms. The van der Waals surface area contributed by atoms with Gasteiger partial charge in [-0.15, -0.1) is 0 Å². The summed E-state index contributed by atoms with van der Waals surface area (Å²) in [6.07, 6.45) is 0. The molecule has 3 nitrogen and oxygen atoms in total. The second kappa shape index (κ2) is 5.83. The molecule has 0 saturated heterocycles. The van der Waals surface area contributed by atoms with E-state index in [0.29, 0.717) is 5.69 Å². The minimum absolute atomic E-state index is 0.316. The Kier molecular flexibility index (Phi) is 4.46. The van der Waals surface area contributed by atoms with Crippen LogP contribution in [-0.2, 0) is 4.74 Å². The fraction of sp³-hybridized carbons (Fsp3) is 0.353. The Hall–Kier alpha value is -1.30. The van der Waals surface area contributed by atoms with Gasteiger partial charge in [0.25, 0.3) is 0 Å². The van der Waals surface area contributed by atoms with E-state index in [2.05, 4.69) is 27.6 Å². The zero-order chi connectivity index (χ0) is 15.8.